The topological polar surface area (TPSA) is 35.2 Å². The molecular weight excluding hydrogens is 224 g/mol. The lowest BCUT2D eigenvalue weighted by molar-refractivity contribution is -0.0818. The Morgan fingerprint density at radius 1 is 1.41 bits per heavy atom. The Morgan fingerprint density at radius 2 is 2.12 bits per heavy atom. The van der Waals surface area contributed by atoms with Crippen LogP contribution in [0.2, 0.25) is 0 Å². The summed E-state index contributed by atoms with van der Waals surface area (Å²) in [5.74, 6) is -1.69. The van der Waals surface area contributed by atoms with Crippen molar-refractivity contribution in [1.82, 2.24) is 0 Å². The van der Waals surface area contributed by atoms with Crippen LogP contribution in [0.15, 0.2) is 18.2 Å². The molecule has 0 aliphatic heterocycles. The van der Waals surface area contributed by atoms with Crippen molar-refractivity contribution in [3.63, 3.8) is 0 Å². The van der Waals surface area contributed by atoms with Gasteiger partial charge in [0.25, 0.3) is 0 Å². The van der Waals surface area contributed by atoms with E-state index in [1.807, 2.05) is 0 Å². The highest BCUT2D eigenvalue weighted by Gasteiger charge is 2.39. The van der Waals surface area contributed by atoms with E-state index in [9.17, 15) is 8.78 Å². The molecule has 1 aromatic rings. The quantitative estimate of drug-likeness (QED) is 0.879. The summed E-state index contributed by atoms with van der Waals surface area (Å²) in [6, 6.07) is 3.59. The molecule has 1 saturated carbocycles. The monoisotopic (exact) mass is 241 g/mol. The van der Waals surface area contributed by atoms with Crippen molar-refractivity contribution in [3.8, 4) is 0 Å². The molecule has 0 aromatic heterocycles. The van der Waals surface area contributed by atoms with Crippen LogP contribution in [-0.4, -0.2) is 12.7 Å². The number of rotatable bonds is 4. The Hall–Kier alpha value is -1.00. The molecule has 17 heavy (non-hydrogen) atoms. The molecule has 0 amide bonds. The molecule has 1 fully saturated rings. The number of nitrogens with two attached hydrogens (primary N) is 1. The standard InChI is InChI=1S/C13H17F2NO/c1-17-13(6-3-7-13)8-11(16)9-4-2-5-10(14)12(9)15/h2,4-5,11H,3,6-8,16H2,1H3. The Labute approximate surface area is 99.8 Å². The molecule has 0 radical (unpaired) electrons. The largest absolute Gasteiger partial charge is 0.378 e. The Bertz CT molecular complexity index is 399. The van der Waals surface area contributed by atoms with Crippen molar-refractivity contribution >= 4 is 0 Å². The second-order valence-corrected chi connectivity index (χ2v) is 4.69. The summed E-state index contributed by atoms with van der Waals surface area (Å²) in [5, 5.41) is 0. The van der Waals surface area contributed by atoms with Crippen LogP contribution in [0.5, 0.6) is 0 Å². The third-order valence-corrected chi connectivity index (χ3v) is 3.67. The summed E-state index contributed by atoms with van der Waals surface area (Å²) in [4.78, 5) is 0. The van der Waals surface area contributed by atoms with Crippen LogP contribution in [0.3, 0.4) is 0 Å². The minimum Gasteiger partial charge on any atom is -0.378 e. The van der Waals surface area contributed by atoms with Gasteiger partial charge in [0.1, 0.15) is 0 Å². The van der Waals surface area contributed by atoms with Gasteiger partial charge in [0, 0.05) is 18.7 Å². The van der Waals surface area contributed by atoms with Gasteiger partial charge in [-0.1, -0.05) is 12.1 Å². The van der Waals surface area contributed by atoms with E-state index in [1.165, 1.54) is 12.1 Å². The van der Waals surface area contributed by atoms with Crippen LogP contribution in [-0.2, 0) is 4.74 Å². The van der Waals surface area contributed by atoms with E-state index in [1.54, 1.807) is 7.11 Å². The summed E-state index contributed by atoms with van der Waals surface area (Å²) in [6.45, 7) is 0. The van der Waals surface area contributed by atoms with Crippen molar-refractivity contribution in [3.05, 3.63) is 35.4 Å². The van der Waals surface area contributed by atoms with Gasteiger partial charge in [-0.15, -0.1) is 0 Å². The third kappa shape index (κ3) is 2.33. The normalized spacial score (nSPS) is 19.8. The predicted octanol–water partition coefficient (Wildman–Crippen LogP) is 2.92. The fourth-order valence-corrected chi connectivity index (χ4v) is 2.38. The van der Waals surface area contributed by atoms with Crippen molar-refractivity contribution in [2.24, 2.45) is 5.73 Å². The highest BCUT2D eigenvalue weighted by atomic mass is 19.2. The Balaban J connectivity index is 2.14. The summed E-state index contributed by atoms with van der Waals surface area (Å²) in [5.41, 5.74) is 5.94. The molecule has 1 aliphatic rings. The van der Waals surface area contributed by atoms with E-state index >= 15 is 0 Å². The molecular formula is C13H17F2NO. The van der Waals surface area contributed by atoms with Crippen molar-refractivity contribution in [2.75, 3.05) is 7.11 Å². The minimum absolute atomic E-state index is 0.230. The van der Waals surface area contributed by atoms with E-state index in [-0.39, 0.29) is 11.2 Å². The number of methoxy groups -OCH3 is 1. The molecule has 2 N–H and O–H groups in total. The first-order chi connectivity index (χ1) is 8.08. The molecule has 94 valence electrons. The van der Waals surface area contributed by atoms with Gasteiger partial charge in [-0.3, -0.25) is 0 Å². The van der Waals surface area contributed by atoms with Crippen molar-refractivity contribution in [1.29, 1.82) is 0 Å². The second kappa shape index (κ2) is 4.70. The fraction of sp³-hybridized carbons (Fsp3) is 0.538. The van der Waals surface area contributed by atoms with Crippen molar-refractivity contribution in [2.45, 2.75) is 37.3 Å². The summed E-state index contributed by atoms with van der Waals surface area (Å²) in [7, 11) is 1.65. The number of hydrogen-bond acceptors (Lipinski definition) is 2. The maximum absolute atomic E-state index is 13.6. The molecule has 4 heteroatoms. The van der Waals surface area contributed by atoms with Gasteiger partial charge in [-0.25, -0.2) is 8.78 Å². The van der Waals surface area contributed by atoms with Crippen LogP contribution in [0, 0.1) is 11.6 Å². The molecule has 1 unspecified atom stereocenters. The molecule has 0 spiro atoms. The summed E-state index contributed by atoms with van der Waals surface area (Å²) < 4.78 is 32.1. The van der Waals surface area contributed by atoms with Crippen molar-refractivity contribution < 1.29 is 13.5 Å². The van der Waals surface area contributed by atoms with Crippen LogP contribution in [0.25, 0.3) is 0 Å². The first-order valence-electron chi connectivity index (χ1n) is 5.83. The Morgan fingerprint density at radius 3 is 2.65 bits per heavy atom. The first-order valence-corrected chi connectivity index (χ1v) is 5.83. The second-order valence-electron chi connectivity index (χ2n) is 4.69. The molecule has 1 aliphatic carbocycles. The molecule has 2 nitrogen and oxygen atoms in total. The van der Waals surface area contributed by atoms with Gasteiger partial charge in [0.2, 0.25) is 0 Å². The maximum atomic E-state index is 13.6. The van der Waals surface area contributed by atoms with Crippen LogP contribution in [0.4, 0.5) is 8.78 Å². The van der Waals surface area contributed by atoms with Gasteiger partial charge >= 0.3 is 0 Å². The smallest absolute Gasteiger partial charge is 0.163 e. The maximum Gasteiger partial charge on any atom is 0.163 e. The molecule has 1 atom stereocenters. The van der Waals surface area contributed by atoms with Gasteiger partial charge in [0.05, 0.1) is 5.60 Å². The molecule has 0 saturated heterocycles. The lowest BCUT2D eigenvalue weighted by Gasteiger charge is -2.42. The lowest BCUT2D eigenvalue weighted by Crippen LogP contribution is -2.42. The first kappa shape index (κ1) is 12.5. The molecule has 1 aromatic carbocycles. The number of hydrogen-bond donors (Lipinski definition) is 1. The molecule has 2 rings (SSSR count). The van der Waals surface area contributed by atoms with Crippen LogP contribution < -0.4 is 5.73 Å². The highest BCUT2D eigenvalue weighted by molar-refractivity contribution is 5.23. The average Bonchev–Trinajstić information content (AvgIpc) is 2.27. The molecule has 0 heterocycles. The number of benzene rings is 1. The number of ether oxygens (including phenoxy) is 1. The SMILES string of the molecule is COC1(CC(N)c2cccc(F)c2F)CCC1. The molecule has 0 bridgehead atoms. The van der Waals surface area contributed by atoms with E-state index in [2.05, 4.69) is 0 Å². The lowest BCUT2D eigenvalue weighted by atomic mass is 9.75. The Kier molecular flexibility index (Phi) is 3.45. The zero-order valence-corrected chi connectivity index (χ0v) is 9.88. The van der Waals surface area contributed by atoms with Gasteiger partial charge in [-0.05, 0) is 31.7 Å². The van der Waals surface area contributed by atoms with Crippen LogP contribution in [0.1, 0.15) is 37.3 Å². The minimum atomic E-state index is -0.849. The van der Waals surface area contributed by atoms with Gasteiger partial charge < -0.3 is 10.5 Å². The zero-order chi connectivity index (χ0) is 12.5. The van der Waals surface area contributed by atoms with Crippen LogP contribution >= 0.6 is 0 Å². The highest BCUT2D eigenvalue weighted by Crippen LogP contribution is 2.41. The van der Waals surface area contributed by atoms with E-state index in [0.29, 0.717) is 6.42 Å². The fourth-order valence-electron chi connectivity index (χ4n) is 2.38. The number of halogens is 2. The predicted molar refractivity (Wildman–Crippen MR) is 61.5 cm³/mol. The average molecular weight is 241 g/mol. The zero-order valence-electron chi connectivity index (χ0n) is 9.88. The van der Waals surface area contributed by atoms with E-state index in [4.69, 9.17) is 10.5 Å². The summed E-state index contributed by atoms with van der Waals surface area (Å²) in [6.07, 6.45) is 3.51. The van der Waals surface area contributed by atoms with Gasteiger partial charge in [-0.2, -0.15) is 0 Å². The third-order valence-electron chi connectivity index (χ3n) is 3.67. The van der Waals surface area contributed by atoms with Gasteiger partial charge in [0.15, 0.2) is 11.6 Å². The summed E-state index contributed by atoms with van der Waals surface area (Å²) >= 11 is 0. The van der Waals surface area contributed by atoms with E-state index in [0.717, 1.165) is 25.3 Å². The van der Waals surface area contributed by atoms with E-state index < -0.39 is 17.7 Å².